The van der Waals surface area contributed by atoms with Crippen LogP contribution in [0, 0.1) is 0 Å². The highest BCUT2D eigenvalue weighted by Crippen LogP contribution is 2.23. The molecule has 1 aromatic rings. The molecule has 1 rings (SSSR count). The number of hydrogen-bond acceptors (Lipinski definition) is 1. The van der Waals surface area contributed by atoms with Gasteiger partial charge in [0, 0.05) is 20.9 Å². The zero-order chi connectivity index (χ0) is 13.0. The summed E-state index contributed by atoms with van der Waals surface area (Å²) in [5.74, 6) is -0.0805. The fourth-order valence-corrected chi connectivity index (χ4v) is 2.55. The number of carbonyl (C=O) groups is 1. The van der Waals surface area contributed by atoms with Crippen molar-refractivity contribution in [2.45, 2.75) is 31.1 Å². The molecule has 17 heavy (non-hydrogen) atoms. The van der Waals surface area contributed by atoms with Crippen molar-refractivity contribution in [1.29, 1.82) is 0 Å². The van der Waals surface area contributed by atoms with E-state index in [0.29, 0.717) is 15.4 Å². The number of benzene rings is 1. The van der Waals surface area contributed by atoms with Gasteiger partial charge in [-0.2, -0.15) is 0 Å². The molecule has 1 aromatic carbocycles. The standard InChI is InChI=1S/C12H14Br2ClNO/c1-7(13)5-8(2)16-12(17)9-3-4-11(15)10(14)6-9/h3-4,6-8H,5H2,1-2H3,(H,16,17). The van der Waals surface area contributed by atoms with E-state index in [9.17, 15) is 4.79 Å². The highest BCUT2D eigenvalue weighted by molar-refractivity contribution is 9.10. The summed E-state index contributed by atoms with van der Waals surface area (Å²) in [6.45, 7) is 4.04. The smallest absolute Gasteiger partial charge is 0.251 e. The van der Waals surface area contributed by atoms with E-state index >= 15 is 0 Å². The van der Waals surface area contributed by atoms with Gasteiger partial charge in [-0.05, 0) is 47.5 Å². The fraction of sp³-hybridized carbons (Fsp3) is 0.417. The summed E-state index contributed by atoms with van der Waals surface area (Å²) in [6, 6.07) is 5.28. The van der Waals surface area contributed by atoms with Crippen molar-refractivity contribution in [3.63, 3.8) is 0 Å². The molecule has 2 atom stereocenters. The van der Waals surface area contributed by atoms with Crippen LogP contribution in [0.2, 0.25) is 5.02 Å². The van der Waals surface area contributed by atoms with Crippen LogP contribution >= 0.6 is 43.5 Å². The number of nitrogens with one attached hydrogen (secondary N) is 1. The summed E-state index contributed by atoms with van der Waals surface area (Å²) in [7, 11) is 0. The van der Waals surface area contributed by atoms with E-state index in [-0.39, 0.29) is 11.9 Å². The second kappa shape index (κ2) is 6.76. The van der Waals surface area contributed by atoms with Gasteiger partial charge in [0.15, 0.2) is 0 Å². The summed E-state index contributed by atoms with van der Waals surface area (Å²) >= 11 is 12.6. The molecule has 0 aliphatic carbocycles. The molecule has 94 valence electrons. The van der Waals surface area contributed by atoms with E-state index in [4.69, 9.17) is 11.6 Å². The molecule has 0 aliphatic heterocycles. The second-order valence-corrected chi connectivity index (χ2v) is 6.84. The van der Waals surface area contributed by atoms with Gasteiger partial charge < -0.3 is 5.32 Å². The van der Waals surface area contributed by atoms with Gasteiger partial charge in [0.05, 0.1) is 5.02 Å². The van der Waals surface area contributed by atoms with Crippen LogP contribution in [-0.2, 0) is 0 Å². The lowest BCUT2D eigenvalue weighted by Gasteiger charge is -2.15. The van der Waals surface area contributed by atoms with Crippen LogP contribution in [0.4, 0.5) is 0 Å². The number of amides is 1. The highest BCUT2D eigenvalue weighted by atomic mass is 79.9. The maximum Gasteiger partial charge on any atom is 0.251 e. The van der Waals surface area contributed by atoms with Gasteiger partial charge in [0.2, 0.25) is 0 Å². The fourth-order valence-electron chi connectivity index (χ4n) is 1.49. The second-order valence-electron chi connectivity index (χ2n) is 4.02. The topological polar surface area (TPSA) is 29.1 Å². The van der Waals surface area contributed by atoms with Crippen LogP contribution in [-0.4, -0.2) is 16.8 Å². The minimum atomic E-state index is -0.0805. The molecule has 0 spiro atoms. The third kappa shape index (κ3) is 4.98. The first-order chi connectivity index (χ1) is 7.90. The quantitative estimate of drug-likeness (QED) is 0.768. The maximum absolute atomic E-state index is 11.9. The molecular weight excluding hydrogens is 369 g/mol. The van der Waals surface area contributed by atoms with Crippen molar-refractivity contribution in [3.05, 3.63) is 33.3 Å². The number of hydrogen-bond donors (Lipinski definition) is 1. The van der Waals surface area contributed by atoms with Crippen LogP contribution < -0.4 is 5.32 Å². The van der Waals surface area contributed by atoms with Crippen molar-refractivity contribution in [3.8, 4) is 0 Å². The molecule has 0 radical (unpaired) electrons. The predicted molar refractivity (Wildman–Crippen MR) is 79.1 cm³/mol. The average molecular weight is 384 g/mol. The van der Waals surface area contributed by atoms with Gasteiger partial charge in [0.25, 0.3) is 5.91 Å². The lowest BCUT2D eigenvalue weighted by molar-refractivity contribution is 0.0938. The van der Waals surface area contributed by atoms with E-state index in [1.165, 1.54) is 0 Å². The first kappa shape index (κ1) is 15.0. The zero-order valence-electron chi connectivity index (χ0n) is 9.64. The van der Waals surface area contributed by atoms with Crippen molar-refractivity contribution >= 4 is 49.4 Å². The Morgan fingerprint density at radius 3 is 2.65 bits per heavy atom. The zero-order valence-corrected chi connectivity index (χ0v) is 13.6. The third-order valence-corrected chi connectivity index (χ3v) is 3.83. The summed E-state index contributed by atoms with van der Waals surface area (Å²) in [6.07, 6.45) is 0.889. The first-order valence-corrected chi connectivity index (χ1v) is 7.38. The normalized spacial score (nSPS) is 14.2. The Morgan fingerprint density at radius 1 is 1.47 bits per heavy atom. The lowest BCUT2D eigenvalue weighted by atomic mass is 10.1. The average Bonchev–Trinajstić information content (AvgIpc) is 2.20. The molecule has 0 aliphatic rings. The van der Waals surface area contributed by atoms with Crippen LogP contribution in [0.25, 0.3) is 0 Å². The van der Waals surface area contributed by atoms with E-state index in [1.807, 2.05) is 6.92 Å². The Bertz CT molecular complexity index is 409. The molecule has 0 aromatic heterocycles. The van der Waals surface area contributed by atoms with Crippen LogP contribution in [0.1, 0.15) is 30.6 Å². The highest BCUT2D eigenvalue weighted by Gasteiger charge is 2.12. The largest absolute Gasteiger partial charge is 0.350 e. The van der Waals surface area contributed by atoms with E-state index in [1.54, 1.807) is 18.2 Å². The molecule has 0 saturated heterocycles. The van der Waals surface area contributed by atoms with Crippen molar-refractivity contribution < 1.29 is 4.79 Å². The molecule has 1 amide bonds. The van der Waals surface area contributed by atoms with Gasteiger partial charge >= 0.3 is 0 Å². The molecule has 0 fully saturated rings. The summed E-state index contributed by atoms with van der Waals surface area (Å²) in [5, 5.41) is 3.54. The SMILES string of the molecule is CC(Br)CC(C)NC(=O)c1ccc(Cl)c(Br)c1. The Balaban J connectivity index is 2.66. The van der Waals surface area contributed by atoms with E-state index in [2.05, 4.69) is 44.1 Å². The lowest BCUT2D eigenvalue weighted by Crippen LogP contribution is -2.33. The number of rotatable bonds is 4. The van der Waals surface area contributed by atoms with E-state index in [0.717, 1.165) is 10.9 Å². The number of alkyl halides is 1. The van der Waals surface area contributed by atoms with Crippen LogP contribution in [0.5, 0.6) is 0 Å². The molecule has 1 N–H and O–H groups in total. The van der Waals surface area contributed by atoms with E-state index < -0.39 is 0 Å². The van der Waals surface area contributed by atoms with Crippen molar-refractivity contribution in [2.24, 2.45) is 0 Å². The molecular formula is C12H14Br2ClNO. The monoisotopic (exact) mass is 381 g/mol. The van der Waals surface area contributed by atoms with Gasteiger partial charge in [-0.3, -0.25) is 4.79 Å². The molecule has 0 bridgehead atoms. The Hall–Kier alpha value is -0.0600. The van der Waals surface area contributed by atoms with Crippen LogP contribution in [0.3, 0.4) is 0 Å². The van der Waals surface area contributed by atoms with Gasteiger partial charge in [-0.25, -0.2) is 0 Å². The first-order valence-electron chi connectivity index (χ1n) is 5.30. The third-order valence-electron chi connectivity index (χ3n) is 2.24. The summed E-state index contributed by atoms with van der Waals surface area (Å²) < 4.78 is 0.730. The predicted octanol–water partition coefficient (Wildman–Crippen LogP) is 4.39. The maximum atomic E-state index is 11.9. The summed E-state index contributed by atoms with van der Waals surface area (Å²) in [4.78, 5) is 12.3. The Kier molecular flexibility index (Phi) is 5.97. The van der Waals surface area contributed by atoms with Crippen molar-refractivity contribution in [2.75, 3.05) is 0 Å². The molecule has 2 nitrogen and oxygen atoms in total. The van der Waals surface area contributed by atoms with Crippen molar-refractivity contribution in [1.82, 2.24) is 5.32 Å². The van der Waals surface area contributed by atoms with Gasteiger partial charge in [-0.1, -0.05) is 34.5 Å². The van der Waals surface area contributed by atoms with Gasteiger partial charge in [0.1, 0.15) is 0 Å². The molecule has 5 heteroatoms. The number of carbonyl (C=O) groups excluding carboxylic acids is 1. The summed E-state index contributed by atoms with van der Waals surface area (Å²) in [5.41, 5.74) is 0.607. The Morgan fingerprint density at radius 2 is 2.12 bits per heavy atom. The minimum Gasteiger partial charge on any atom is -0.350 e. The molecule has 0 heterocycles. The minimum absolute atomic E-state index is 0.0805. The Labute approximate surface area is 123 Å². The number of halogens is 3. The molecule has 0 saturated carbocycles. The van der Waals surface area contributed by atoms with Crippen LogP contribution in [0.15, 0.2) is 22.7 Å². The van der Waals surface area contributed by atoms with Gasteiger partial charge in [-0.15, -0.1) is 0 Å². The molecule has 2 unspecified atom stereocenters.